The Balaban J connectivity index is 1.37. The Morgan fingerprint density at radius 1 is 0.878 bits per heavy atom. The fraction of sp³-hybridized carbons (Fsp3) is 0.156. The Morgan fingerprint density at radius 3 is 2.20 bits per heavy atom. The minimum absolute atomic E-state index is 0.323. The summed E-state index contributed by atoms with van der Waals surface area (Å²) < 4.78 is 56.3. The monoisotopic (exact) mass is 559 g/mol. The molecule has 2 atom stereocenters. The SMILES string of the molecule is Cc1cc(-c2ccc([C@H](C)NC(=O)C(O)(c3ccc(-c4ccc5cccnc5n4)cc3)C(F)(F)F)cc2)ccc1F. The van der Waals surface area contributed by atoms with Crippen LogP contribution in [0, 0.1) is 12.7 Å². The van der Waals surface area contributed by atoms with Crippen LogP contribution in [0.15, 0.2) is 97.2 Å². The number of carbonyl (C=O) groups excluding carboxylic acids is 1. The van der Waals surface area contributed by atoms with E-state index >= 15 is 0 Å². The molecule has 1 unspecified atom stereocenters. The number of pyridine rings is 2. The molecular formula is C32H25F4N3O2. The molecular weight excluding hydrogens is 534 g/mol. The number of rotatable bonds is 6. The van der Waals surface area contributed by atoms with E-state index in [-0.39, 0.29) is 5.82 Å². The summed E-state index contributed by atoms with van der Waals surface area (Å²) in [5.41, 5.74) is -0.393. The fourth-order valence-electron chi connectivity index (χ4n) is 4.59. The zero-order valence-electron chi connectivity index (χ0n) is 22.1. The maximum absolute atomic E-state index is 14.2. The number of aromatic nitrogens is 2. The van der Waals surface area contributed by atoms with Crippen molar-refractivity contribution in [1.82, 2.24) is 15.3 Å². The zero-order chi connectivity index (χ0) is 29.4. The number of carbonyl (C=O) groups is 1. The van der Waals surface area contributed by atoms with Crippen LogP contribution in [-0.4, -0.2) is 27.2 Å². The molecule has 2 N–H and O–H groups in total. The van der Waals surface area contributed by atoms with Crippen LogP contribution in [0.2, 0.25) is 0 Å². The molecule has 0 aliphatic heterocycles. The molecule has 0 saturated heterocycles. The van der Waals surface area contributed by atoms with E-state index in [1.165, 1.54) is 25.1 Å². The second-order valence-corrected chi connectivity index (χ2v) is 9.81. The maximum atomic E-state index is 14.2. The molecule has 0 aliphatic carbocycles. The lowest BCUT2D eigenvalue weighted by Crippen LogP contribution is -2.54. The first kappa shape index (κ1) is 27.9. The van der Waals surface area contributed by atoms with Gasteiger partial charge in [-0.3, -0.25) is 4.79 Å². The number of halogens is 4. The van der Waals surface area contributed by atoms with Gasteiger partial charge in [-0.15, -0.1) is 0 Å². The zero-order valence-corrected chi connectivity index (χ0v) is 22.1. The molecule has 9 heteroatoms. The van der Waals surface area contributed by atoms with E-state index in [0.29, 0.717) is 28.0 Å². The molecule has 0 radical (unpaired) electrons. The van der Waals surface area contributed by atoms with Crippen LogP contribution in [0.4, 0.5) is 17.6 Å². The second-order valence-electron chi connectivity index (χ2n) is 9.81. The average Bonchev–Trinajstić information content (AvgIpc) is 2.97. The summed E-state index contributed by atoms with van der Waals surface area (Å²) >= 11 is 0. The second kappa shape index (κ2) is 10.7. The Bertz CT molecular complexity index is 1720. The highest BCUT2D eigenvalue weighted by atomic mass is 19.4. The molecule has 0 fully saturated rings. The normalized spacial score (nSPS) is 13.9. The van der Waals surface area contributed by atoms with Gasteiger partial charge in [-0.2, -0.15) is 13.2 Å². The molecule has 208 valence electrons. The van der Waals surface area contributed by atoms with Gasteiger partial charge in [0, 0.05) is 22.7 Å². The van der Waals surface area contributed by atoms with Crippen LogP contribution in [0.3, 0.4) is 0 Å². The highest BCUT2D eigenvalue weighted by Gasteiger charge is 2.61. The summed E-state index contributed by atoms with van der Waals surface area (Å²) in [6.07, 6.45) is -3.71. The van der Waals surface area contributed by atoms with E-state index in [0.717, 1.165) is 28.6 Å². The lowest BCUT2D eigenvalue weighted by Gasteiger charge is -2.31. The van der Waals surface area contributed by atoms with Crippen LogP contribution in [-0.2, 0) is 10.4 Å². The summed E-state index contributed by atoms with van der Waals surface area (Å²) in [6, 6.07) is 22.6. The van der Waals surface area contributed by atoms with Crippen LogP contribution in [0.5, 0.6) is 0 Å². The van der Waals surface area contributed by atoms with Crippen molar-refractivity contribution in [3.8, 4) is 22.4 Å². The first-order chi connectivity index (χ1) is 19.5. The number of amides is 1. The third-order valence-electron chi connectivity index (χ3n) is 7.05. The number of fused-ring (bicyclic) bond motifs is 1. The Labute approximate surface area is 233 Å². The molecule has 0 saturated carbocycles. The molecule has 0 aliphatic rings. The van der Waals surface area contributed by atoms with Gasteiger partial charge in [-0.25, -0.2) is 14.4 Å². The number of benzene rings is 3. The van der Waals surface area contributed by atoms with Crippen LogP contribution >= 0.6 is 0 Å². The van der Waals surface area contributed by atoms with Crippen LogP contribution in [0.25, 0.3) is 33.4 Å². The molecule has 41 heavy (non-hydrogen) atoms. The lowest BCUT2D eigenvalue weighted by molar-refractivity contribution is -0.257. The topological polar surface area (TPSA) is 75.1 Å². The fourth-order valence-corrected chi connectivity index (χ4v) is 4.59. The maximum Gasteiger partial charge on any atom is 0.430 e. The summed E-state index contributed by atoms with van der Waals surface area (Å²) in [6.45, 7) is 3.17. The number of hydrogen-bond donors (Lipinski definition) is 2. The molecule has 5 rings (SSSR count). The first-order valence-electron chi connectivity index (χ1n) is 12.8. The molecule has 1 amide bonds. The van der Waals surface area contributed by atoms with Crippen molar-refractivity contribution < 1.29 is 27.5 Å². The first-order valence-corrected chi connectivity index (χ1v) is 12.8. The van der Waals surface area contributed by atoms with Gasteiger partial charge >= 0.3 is 6.18 Å². The van der Waals surface area contributed by atoms with E-state index in [1.807, 2.05) is 6.07 Å². The number of hydrogen-bond acceptors (Lipinski definition) is 4. The Kier molecular flexibility index (Phi) is 7.31. The van der Waals surface area contributed by atoms with Gasteiger partial charge in [0.2, 0.25) is 0 Å². The number of nitrogens with one attached hydrogen (secondary N) is 1. The molecule has 5 nitrogen and oxygen atoms in total. The average molecular weight is 560 g/mol. The summed E-state index contributed by atoms with van der Waals surface area (Å²) in [5.74, 6) is -1.92. The molecule has 0 bridgehead atoms. The van der Waals surface area contributed by atoms with E-state index in [9.17, 15) is 27.5 Å². The molecule has 5 aromatic rings. The summed E-state index contributed by atoms with van der Waals surface area (Å²) in [7, 11) is 0. The van der Waals surface area contributed by atoms with Crippen molar-refractivity contribution >= 4 is 16.9 Å². The Hall–Kier alpha value is -4.63. The third kappa shape index (κ3) is 5.40. The standard InChI is InChI=1S/C32H25F4N3O2/c1-19-18-25(11-15-27(19)33)22-7-5-21(6-8-22)20(2)38-30(40)31(41,32(34,35)36)26-13-9-23(10-14-26)28-16-12-24-4-3-17-37-29(24)39-28/h3-18,20,41H,1-2H3,(H,38,40)/t20-,31?/m0/s1. The van der Waals surface area contributed by atoms with Crippen molar-refractivity contribution in [2.45, 2.75) is 31.7 Å². The van der Waals surface area contributed by atoms with E-state index in [4.69, 9.17) is 0 Å². The predicted molar refractivity (Wildman–Crippen MR) is 148 cm³/mol. The summed E-state index contributed by atoms with van der Waals surface area (Å²) in [4.78, 5) is 21.6. The summed E-state index contributed by atoms with van der Waals surface area (Å²) in [5, 5.41) is 13.9. The third-order valence-corrected chi connectivity index (χ3v) is 7.05. The quantitative estimate of drug-likeness (QED) is 0.219. The van der Waals surface area contributed by atoms with Crippen molar-refractivity contribution in [3.63, 3.8) is 0 Å². The van der Waals surface area contributed by atoms with E-state index < -0.39 is 29.3 Å². The van der Waals surface area contributed by atoms with Gasteiger partial charge in [0.15, 0.2) is 5.65 Å². The largest absolute Gasteiger partial charge is 0.430 e. The highest BCUT2D eigenvalue weighted by molar-refractivity contribution is 5.88. The van der Waals surface area contributed by atoms with Crippen molar-refractivity contribution in [2.75, 3.05) is 0 Å². The number of alkyl halides is 3. The number of nitrogens with zero attached hydrogens (tertiary/aromatic N) is 2. The van der Waals surface area contributed by atoms with Gasteiger partial charge in [0.25, 0.3) is 11.5 Å². The van der Waals surface area contributed by atoms with Crippen LogP contribution < -0.4 is 5.32 Å². The molecule has 0 spiro atoms. The van der Waals surface area contributed by atoms with Crippen molar-refractivity contribution in [1.29, 1.82) is 0 Å². The Morgan fingerprint density at radius 2 is 1.54 bits per heavy atom. The predicted octanol–water partition coefficient (Wildman–Crippen LogP) is 7.04. The minimum Gasteiger partial charge on any atom is -0.369 e. The van der Waals surface area contributed by atoms with Gasteiger partial charge < -0.3 is 10.4 Å². The van der Waals surface area contributed by atoms with Gasteiger partial charge in [-0.1, -0.05) is 54.6 Å². The van der Waals surface area contributed by atoms with E-state index in [1.54, 1.807) is 67.7 Å². The van der Waals surface area contributed by atoms with E-state index in [2.05, 4.69) is 15.3 Å². The van der Waals surface area contributed by atoms with Crippen molar-refractivity contribution in [3.05, 3.63) is 120 Å². The number of aryl methyl sites for hydroxylation is 1. The van der Waals surface area contributed by atoms with Crippen molar-refractivity contribution in [2.24, 2.45) is 0 Å². The van der Waals surface area contributed by atoms with Gasteiger partial charge in [-0.05, 0) is 72.5 Å². The highest BCUT2D eigenvalue weighted by Crippen LogP contribution is 2.40. The molecule has 2 aromatic heterocycles. The van der Waals surface area contributed by atoms with Gasteiger partial charge in [0.1, 0.15) is 5.82 Å². The molecule has 2 heterocycles. The number of aliphatic hydroxyl groups is 1. The van der Waals surface area contributed by atoms with Gasteiger partial charge in [0.05, 0.1) is 11.7 Å². The minimum atomic E-state index is -5.30. The molecule has 3 aromatic carbocycles. The van der Waals surface area contributed by atoms with Crippen LogP contribution in [0.1, 0.15) is 29.7 Å². The lowest BCUT2D eigenvalue weighted by atomic mass is 9.90. The smallest absolute Gasteiger partial charge is 0.369 e.